The quantitative estimate of drug-likeness (QED) is 0.512. The highest BCUT2D eigenvalue weighted by molar-refractivity contribution is 6.20. The van der Waals surface area contributed by atoms with E-state index in [1.165, 1.54) is 0 Å². The number of aromatic nitrogens is 3. The Balaban J connectivity index is 0.00000253. The summed E-state index contributed by atoms with van der Waals surface area (Å²) in [6, 6.07) is -0.0322. The third-order valence-electron chi connectivity index (χ3n) is 7.00. The van der Waals surface area contributed by atoms with Gasteiger partial charge in [0.2, 0.25) is 17.4 Å². The monoisotopic (exact) mass is 470 g/mol. The minimum Gasteiger partial charge on any atom is -0.372 e. The van der Waals surface area contributed by atoms with Gasteiger partial charge in [0.15, 0.2) is 22.8 Å². The summed E-state index contributed by atoms with van der Waals surface area (Å²) in [6.07, 6.45) is 2.30. The normalized spacial score (nSPS) is 25.8. The maximum Gasteiger partial charge on any atom is 0.328 e. The average molecular weight is 470 g/mol. The van der Waals surface area contributed by atoms with Gasteiger partial charge >= 0.3 is 6.03 Å². The van der Waals surface area contributed by atoms with Gasteiger partial charge < -0.3 is 18.7 Å². The molecule has 3 atom stereocenters. The van der Waals surface area contributed by atoms with Crippen molar-refractivity contribution in [2.45, 2.75) is 38.5 Å². The highest BCUT2D eigenvalue weighted by atomic mass is 19.1. The largest absolute Gasteiger partial charge is 0.372 e. The number of nitrogens with zero attached hydrogens (tertiary/aromatic N) is 4. The van der Waals surface area contributed by atoms with E-state index >= 15 is 4.39 Å². The molecule has 2 aromatic heterocycles. The second-order valence-corrected chi connectivity index (χ2v) is 9.10. The van der Waals surface area contributed by atoms with Crippen molar-refractivity contribution in [1.29, 1.82) is 0 Å². The summed E-state index contributed by atoms with van der Waals surface area (Å²) in [7, 11) is 1.78. The molecule has 3 aliphatic rings. The zero-order valence-electron chi connectivity index (χ0n) is 18.6. The summed E-state index contributed by atoms with van der Waals surface area (Å²) in [5.74, 6) is -1.62. The summed E-state index contributed by atoms with van der Waals surface area (Å²) in [5, 5.41) is 8.89. The molecular weight excluding hydrogens is 447 g/mol. The van der Waals surface area contributed by atoms with Crippen molar-refractivity contribution in [3.8, 4) is 11.5 Å². The van der Waals surface area contributed by atoms with E-state index in [1.807, 2.05) is 6.92 Å². The number of carbonyl (C=O) groups excluding carboxylic acids is 3. The summed E-state index contributed by atoms with van der Waals surface area (Å²) < 4.78 is 29.1. The van der Waals surface area contributed by atoms with Gasteiger partial charge in [0.25, 0.3) is 0 Å². The van der Waals surface area contributed by atoms with E-state index in [9.17, 15) is 14.4 Å². The topological polar surface area (TPSA) is 132 Å². The van der Waals surface area contributed by atoms with Gasteiger partial charge in [-0.05, 0) is 25.5 Å². The van der Waals surface area contributed by atoms with E-state index in [0.29, 0.717) is 22.5 Å². The number of morpholine rings is 1. The number of carbonyl (C=O) groups is 3. The third-order valence-corrected chi connectivity index (χ3v) is 7.00. The molecule has 3 aliphatic heterocycles. The number of imide groups is 2. The lowest BCUT2D eigenvalue weighted by Gasteiger charge is -2.55. The molecule has 1 aromatic carbocycles. The summed E-state index contributed by atoms with van der Waals surface area (Å²) >= 11 is 0. The summed E-state index contributed by atoms with van der Waals surface area (Å²) in [5.41, 5.74) is -0.713. The third kappa shape index (κ3) is 2.56. The zero-order valence-corrected chi connectivity index (χ0v) is 18.6. The number of benzene rings is 1. The van der Waals surface area contributed by atoms with E-state index in [4.69, 9.17) is 9.26 Å². The predicted octanol–water partition coefficient (Wildman–Crippen LogP) is 1.50. The molecule has 3 aromatic rings. The zero-order chi connectivity index (χ0) is 23.9. The Morgan fingerprint density at radius 2 is 1.97 bits per heavy atom. The fourth-order valence-electron chi connectivity index (χ4n) is 5.70. The van der Waals surface area contributed by atoms with E-state index in [1.54, 1.807) is 41.9 Å². The first-order chi connectivity index (χ1) is 16.2. The predicted molar refractivity (Wildman–Crippen MR) is 117 cm³/mol. The molecule has 178 valence electrons. The highest BCUT2D eigenvalue weighted by Crippen LogP contribution is 2.49. The molecule has 2 fully saturated rings. The minimum absolute atomic E-state index is 0. The molecule has 34 heavy (non-hydrogen) atoms. The number of hydrogen-bond donors (Lipinski definition) is 2. The van der Waals surface area contributed by atoms with Crippen LogP contribution in [-0.4, -0.2) is 57.3 Å². The van der Waals surface area contributed by atoms with Crippen molar-refractivity contribution in [3.63, 3.8) is 0 Å². The van der Waals surface area contributed by atoms with Crippen LogP contribution in [0.25, 0.3) is 22.5 Å². The number of amides is 4. The van der Waals surface area contributed by atoms with Crippen LogP contribution < -0.4 is 15.5 Å². The molecule has 5 heterocycles. The molecule has 0 radical (unpaired) electrons. The standard InChI is InChI=1S/C22H21FN6O5.H2/c1-9-8-29-15-11(6-12-14(18-24-4-5-28(18)3)27-34-16(12)13(15)23)7-22(17(29)10(2)33-9)19(30)25-21(32)26-20(22)31;/h4-6,9-10,17H,7-8H2,1-3H3,(H2,25,26,30,31,32);1H/t9-,10+,17-;/m1./s1. The van der Waals surface area contributed by atoms with Crippen LogP contribution in [0.5, 0.6) is 0 Å². The molecule has 1 spiro atoms. The number of fused-ring (bicyclic) bond motifs is 5. The smallest absolute Gasteiger partial charge is 0.328 e. The van der Waals surface area contributed by atoms with Gasteiger partial charge in [0.05, 0.1) is 29.3 Å². The maximum atomic E-state index is 16.0. The number of anilines is 1. The fraction of sp³-hybridized carbons (Fsp3) is 0.409. The number of urea groups is 1. The Hall–Kier alpha value is -3.80. The number of nitrogens with one attached hydrogen (secondary N) is 2. The second-order valence-electron chi connectivity index (χ2n) is 9.10. The van der Waals surface area contributed by atoms with Crippen LogP contribution in [0.15, 0.2) is 23.0 Å². The number of hydrogen-bond acceptors (Lipinski definition) is 8. The molecule has 4 amide bonds. The molecule has 12 heteroatoms. The molecular formula is C22H23FN6O5. The van der Waals surface area contributed by atoms with Crippen LogP contribution >= 0.6 is 0 Å². The number of barbiturate groups is 1. The Kier molecular flexibility index (Phi) is 4.19. The maximum absolute atomic E-state index is 16.0. The van der Waals surface area contributed by atoms with Crippen molar-refractivity contribution >= 4 is 34.5 Å². The lowest BCUT2D eigenvalue weighted by molar-refractivity contribution is -0.153. The van der Waals surface area contributed by atoms with E-state index in [0.717, 1.165) is 0 Å². The average Bonchev–Trinajstić information content (AvgIpc) is 3.37. The number of halogens is 1. The Labute approximate surface area is 193 Å². The number of imidazole rings is 1. The number of aryl methyl sites for hydroxylation is 1. The molecule has 6 rings (SSSR count). The molecule has 0 bridgehead atoms. The van der Waals surface area contributed by atoms with Crippen LogP contribution in [0.4, 0.5) is 14.9 Å². The van der Waals surface area contributed by atoms with Crippen molar-refractivity contribution < 1.29 is 29.5 Å². The van der Waals surface area contributed by atoms with Crippen LogP contribution in [0.3, 0.4) is 0 Å². The van der Waals surface area contributed by atoms with Gasteiger partial charge in [-0.25, -0.2) is 14.2 Å². The Morgan fingerprint density at radius 3 is 2.65 bits per heavy atom. The highest BCUT2D eigenvalue weighted by Gasteiger charge is 2.63. The van der Waals surface area contributed by atoms with Gasteiger partial charge in [-0.2, -0.15) is 0 Å². The first-order valence-electron chi connectivity index (χ1n) is 10.9. The van der Waals surface area contributed by atoms with E-state index in [2.05, 4.69) is 20.8 Å². The molecule has 0 aliphatic carbocycles. The SMILES string of the molecule is C[C@@H]1CN2c3c(cc4c(-c5nccn5C)noc4c3F)CC3(C(=O)NC(=O)NC3=O)[C@H]2[C@H](C)O1.[HH]. The molecule has 11 nitrogen and oxygen atoms in total. The van der Waals surface area contributed by atoms with Gasteiger partial charge in [-0.1, -0.05) is 5.16 Å². The Bertz CT molecular complexity index is 1380. The molecule has 0 saturated carbocycles. The Morgan fingerprint density at radius 1 is 1.24 bits per heavy atom. The van der Waals surface area contributed by atoms with Crippen molar-refractivity contribution in [2.75, 3.05) is 11.4 Å². The van der Waals surface area contributed by atoms with E-state index in [-0.39, 0.29) is 31.8 Å². The van der Waals surface area contributed by atoms with Crippen molar-refractivity contribution in [1.82, 2.24) is 25.3 Å². The fourth-order valence-corrected chi connectivity index (χ4v) is 5.70. The molecule has 0 unspecified atom stereocenters. The van der Waals surface area contributed by atoms with Gasteiger partial charge in [-0.15, -0.1) is 0 Å². The number of ether oxygens (including phenoxy) is 1. The molecule has 2 N–H and O–H groups in total. The minimum atomic E-state index is -1.69. The second kappa shape index (κ2) is 6.86. The summed E-state index contributed by atoms with van der Waals surface area (Å²) in [6.45, 7) is 3.81. The lowest BCUT2D eigenvalue weighted by atomic mass is 9.66. The van der Waals surface area contributed by atoms with Gasteiger partial charge in [-0.3, -0.25) is 20.2 Å². The number of rotatable bonds is 1. The van der Waals surface area contributed by atoms with Crippen molar-refractivity contribution in [2.24, 2.45) is 12.5 Å². The van der Waals surface area contributed by atoms with Gasteiger partial charge in [0, 0.05) is 33.8 Å². The first-order valence-corrected chi connectivity index (χ1v) is 10.9. The van der Waals surface area contributed by atoms with Crippen LogP contribution in [-0.2, 0) is 27.8 Å². The van der Waals surface area contributed by atoms with Crippen molar-refractivity contribution in [3.05, 3.63) is 29.8 Å². The van der Waals surface area contributed by atoms with Crippen LogP contribution in [0.1, 0.15) is 20.8 Å². The summed E-state index contributed by atoms with van der Waals surface area (Å²) in [4.78, 5) is 44.4. The first kappa shape index (κ1) is 20.8. The molecule has 2 saturated heterocycles. The lowest BCUT2D eigenvalue weighted by Crippen LogP contribution is -2.75. The van der Waals surface area contributed by atoms with Crippen LogP contribution in [0.2, 0.25) is 0 Å². The van der Waals surface area contributed by atoms with Gasteiger partial charge in [0.1, 0.15) is 0 Å². The van der Waals surface area contributed by atoms with Crippen LogP contribution in [0, 0.1) is 11.2 Å². The van der Waals surface area contributed by atoms with E-state index < -0.39 is 41.2 Å².